The third-order valence-electron chi connectivity index (χ3n) is 4.28. The van der Waals surface area contributed by atoms with Crippen LogP contribution < -0.4 is 16.0 Å². The van der Waals surface area contributed by atoms with E-state index in [1.54, 1.807) is 43.3 Å². The van der Waals surface area contributed by atoms with Gasteiger partial charge in [-0.3, -0.25) is 14.4 Å². The number of carbonyl (C=O) groups excluding carboxylic acids is 3. The monoisotopic (exact) mass is 396 g/mol. The molecule has 0 aliphatic carbocycles. The summed E-state index contributed by atoms with van der Waals surface area (Å²) in [5.74, 6) is -0.249. The smallest absolute Gasteiger partial charge is 0.251 e. The Bertz CT molecular complexity index is 847. The molecule has 0 atom stereocenters. The van der Waals surface area contributed by atoms with Crippen LogP contribution in [-0.4, -0.2) is 49.8 Å². The Hall–Kier alpha value is -3.35. The maximum Gasteiger partial charge on any atom is 0.251 e. The fraction of sp³-hybridized carbons (Fsp3) is 0.318. The van der Waals surface area contributed by atoms with Crippen LogP contribution in [0.5, 0.6) is 0 Å². The summed E-state index contributed by atoms with van der Waals surface area (Å²) in [5.41, 5.74) is 2.97. The highest BCUT2D eigenvalue weighted by Gasteiger charge is 2.07. The molecule has 0 spiro atoms. The van der Waals surface area contributed by atoms with Gasteiger partial charge in [0, 0.05) is 44.0 Å². The average molecular weight is 396 g/mol. The Balaban J connectivity index is 1.83. The fourth-order valence-corrected chi connectivity index (χ4v) is 2.65. The first-order valence-corrected chi connectivity index (χ1v) is 9.60. The van der Waals surface area contributed by atoms with Gasteiger partial charge in [-0.2, -0.15) is 0 Å². The van der Waals surface area contributed by atoms with Crippen LogP contribution in [0.2, 0.25) is 0 Å². The second-order valence-electron chi connectivity index (χ2n) is 6.83. The number of rotatable bonds is 9. The van der Waals surface area contributed by atoms with E-state index in [0.717, 1.165) is 5.56 Å². The van der Waals surface area contributed by atoms with Gasteiger partial charge in [0.15, 0.2) is 0 Å². The van der Waals surface area contributed by atoms with E-state index in [2.05, 4.69) is 16.0 Å². The van der Waals surface area contributed by atoms with Crippen molar-refractivity contribution in [2.24, 2.45) is 0 Å². The molecule has 0 fully saturated rings. The first-order valence-electron chi connectivity index (χ1n) is 9.60. The molecule has 29 heavy (non-hydrogen) atoms. The summed E-state index contributed by atoms with van der Waals surface area (Å²) in [6.45, 7) is 2.50. The summed E-state index contributed by atoms with van der Waals surface area (Å²) >= 11 is 0. The molecule has 0 saturated heterocycles. The van der Waals surface area contributed by atoms with E-state index in [1.165, 1.54) is 0 Å². The highest BCUT2D eigenvalue weighted by molar-refractivity contribution is 5.96. The molecule has 0 aliphatic rings. The van der Waals surface area contributed by atoms with E-state index < -0.39 is 0 Å². The van der Waals surface area contributed by atoms with Crippen molar-refractivity contribution < 1.29 is 14.4 Å². The Morgan fingerprint density at radius 3 is 2.34 bits per heavy atom. The van der Waals surface area contributed by atoms with Crippen LogP contribution in [0.15, 0.2) is 48.5 Å². The van der Waals surface area contributed by atoms with Gasteiger partial charge in [-0.05, 0) is 49.2 Å². The third-order valence-corrected chi connectivity index (χ3v) is 4.28. The zero-order valence-corrected chi connectivity index (χ0v) is 17.1. The minimum atomic E-state index is -0.191. The molecule has 0 unspecified atom stereocenters. The Morgan fingerprint density at radius 1 is 0.966 bits per heavy atom. The molecule has 0 aliphatic heterocycles. The molecule has 0 saturated carbocycles. The number of hydrogen-bond donors (Lipinski definition) is 3. The second kappa shape index (κ2) is 10.8. The Kier molecular flexibility index (Phi) is 8.21. The molecule has 3 N–H and O–H groups in total. The van der Waals surface area contributed by atoms with Crippen LogP contribution in [0.1, 0.15) is 29.3 Å². The van der Waals surface area contributed by atoms with Gasteiger partial charge in [0.05, 0.1) is 6.54 Å². The van der Waals surface area contributed by atoms with Gasteiger partial charge in [0.1, 0.15) is 0 Å². The Morgan fingerprint density at radius 2 is 1.69 bits per heavy atom. The number of anilines is 2. The van der Waals surface area contributed by atoms with Gasteiger partial charge in [0.2, 0.25) is 11.8 Å². The van der Waals surface area contributed by atoms with Crippen LogP contribution in [0.25, 0.3) is 0 Å². The molecule has 0 heterocycles. The number of benzene rings is 2. The molecule has 2 aromatic carbocycles. The molecule has 7 nitrogen and oxygen atoms in total. The quantitative estimate of drug-likeness (QED) is 0.607. The maximum absolute atomic E-state index is 12.2. The summed E-state index contributed by atoms with van der Waals surface area (Å²) in [4.78, 5) is 37.3. The summed E-state index contributed by atoms with van der Waals surface area (Å²) in [5, 5.41) is 8.59. The molecule has 2 rings (SSSR count). The molecule has 2 aromatic rings. The van der Waals surface area contributed by atoms with Gasteiger partial charge >= 0.3 is 0 Å². The molecule has 0 aromatic heterocycles. The van der Waals surface area contributed by atoms with Crippen LogP contribution in [0, 0.1) is 0 Å². The lowest BCUT2D eigenvalue weighted by molar-refractivity contribution is -0.128. The molecular formula is C22H28N4O3. The zero-order valence-electron chi connectivity index (χ0n) is 17.1. The highest BCUT2D eigenvalue weighted by Crippen LogP contribution is 2.13. The number of hydrogen-bond acceptors (Lipinski definition) is 4. The normalized spacial score (nSPS) is 10.2. The lowest BCUT2D eigenvalue weighted by Crippen LogP contribution is -2.23. The number of amides is 3. The molecule has 7 heteroatoms. The van der Waals surface area contributed by atoms with Crippen LogP contribution in [0.3, 0.4) is 0 Å². The van der Waals surface area contributed by atoms with Crippen LogP contribution in [-0.2, 0) is 16.0 Å². The second-order valence-corrected chi connectivity index (χ2v) is 6.83. The highest BCUT2D eigenvalue weighted by atomic mass is 16.2. The van der Waals surface area contributed by atoms with Crippen molar-refractivity contribution >= 4 is 29.1 Å². The molecule has 154 valence electrons. The lowest BCUT2D eigenvalue weighted by Gasteiger charge is -2.11. The van der Waals surface area contributed by atoms with Gasteiger partial charge in [-0.25, -0.2) is 0 Å². The number of aryl methyl sites for hydroxylation is 1. The van der Waals surface area contributed by atoms with Gasteiger partial charge in [-0.1, -0.05) is 18.2 Å². The van der Waals surface area contributed by atoms with Crippen molar-refractivity contribution in [1.29, 1.82) is 0 Å². The zero-order chi connectivity index (χ0) is 21.2. The predicted molar refractivity (Wildman–Crippen MR) is 115 cm³/mol. The fourth-order valence-electron chi connectivity index (χ4n) is 2.65. The third kappa shape index (κ3) is 7.29. The van der Waals surface area contributed by atoms with Crippen molar-refractivity contribution in [1.82, 2.24) is 10.2 Å². The number of carbonyl (C=O) groups is 3. The lowest BCUT2D eigenvalue weighted by atomic mass is 10.1. The molecule has 0 radical (unpaired) electrons. The molecule has 3 amide bonds. The summed E-state index contributed by atoms with van der Waals surface area (Å²) in [6.07, 6.45) is 1.12. The summed E-state index contributed by atoms with van der Waals surface area (Å²) < 4.78 is 0. The molecule has 0 bridgehead atoms. The van der Waals surface area contributed by atoms with Gasteiger partial charge < -0.3 is 20.9 Å². The number of nitrogens with one attached hydrogen (secondary N) is 3. The van der Waals surface area contributed by atoms with Crippen LogP contribution >= 0.6 is 0 Å². The van der Waals surface area contributed by atoms with Crippen molar-refractivity contribution in [2.75, 3.05) is 37.8 Å². The Labute approximate surface area is 171 Å². The van der Waals surface area contributed by atoms with Gasteiger partial charge in [0.25, 0.3) is 5.91 Å². The maximum atomic E-state index is 12.2. The van der Waals surface area contributed by atoms with Crippen molar-refractivity contribution in [3.8, 4) is 0 Å². The summed E-state index contributed by atoms with van der Waals surface area (Å²) in [7, 11) is 3.48. The standard InChI is InChI=1S/C22H28N4O3/c1-4-23-22(29)17-6-5-7-19(14-17)24-15-20(27)25-18-11-8-16(9-12-18)10-13-21(28)26(2)3/h5-9,11-12,14,24H,4,10,13,15H2,1-3H3,(H,23,29)(H,25,27). The van der Waals surface area contributed by atoms with Gasteiger partial charge in [-0.15, -0.1) is 0 Å². The molecular weight excluding hydrogens is 368 g/mol. The average Bonchev–Trinajstić information content (AvgIpc) is 2.72. The topological polar surface area (TPSA) is 90.5 Å². The largest absolute Gasteiger partial charge is 0.376 e. The van der Waals surface area contributed by atoms with Crippen molar-refractivity contribution in [3.05, 3.63) is 59.7 Å². The van der Waals surface area contributed by atoms with Crippen LogP contribution in [0.4, 0.5) is 11.4 Å². The summed E-state index contributed by atoms with van der Waals surface area (Å²) in [6, 6.07) is 14.5. The van der Waals surface area contributed by atoms with E-state index in [0.29, 0.717) is 36.3 Å². The van der Waals surface area contributed by atoms with Crippen molar-refractivity contribution in [3.63, 3.8) is 0 Å². The first kappa shape index (κ1) is 21.9. The van der Waals surface area contributed by atoms with E-state index in [-0.39, 0.29) is 24.3 Å². The van der Waals surface area contributed by atoms with E-state index in [4.69, 9.17) is 0 Å². The minimum absolute atomic E-state index is 0.0813. The predicted octanol–water partition coefficient (Wildman–Crippen LogP) is 2.51. The SMILES string of the molecule is CCNC(=O)c1cccc(NCC(=O)Nc2ccc(CCC(=O)N(C)C)cc2)c1. The van der Waals surface area contributed by atoms with Crippen molar-refractivity contribution in [2.45, 2.75) is 19.8 Å². The van der Waals surface area contributed by atoms with E-state index >= 15 is 0 Å². The van der Waals surface area contributed by atoms with E-state index in [9.17, 15) is 14.4 Å². The first-order chi connectivity index (χ1) is 13.9. The minimum Gasteiger partial charge on any atom is -0.376 e. The van der Waals surface area contributed by atoms with E-state index in [1.807, 2.05) is 31.2 Å². The number of nitrogens with zero attached hydrogens (tertiary/aromatic N) is 1.